The quantitative estimate of drug-likeness (QED) is 0.657. The SMILES string of the molecule is Cc1ccc(-c2cncc3cc(/C=C4/SC(=O)NC4=O)oc23)cc1Cl. The van der Waals surface area contributed by atoms with Gasteiger partial charge in [-0.05, 0) is 41.9 Å². The van der Waals surface area contributed by atoms with E-state index in [4.69, 9.17) is 16.0 Å². The Hall–Kier alpha value is -2.57. The topological polar surface area (TPSA) is 72.2 Å². The summed E-state index contributed by atoms with van der Waals surface area (Å²) in [6, 6.07) is 7.54. The fourth-order valence-electron chi connectivity index (χ4n) is 2.57. The first-order valence-corrected chi connectivity index (χ1v) is 8.59. The summed E-state index contributed by atoms with van der Waals surface area (Å²) in [6.07, 6.45) is 4.95. The summed E-state index contributed by atoms with van der Waals surface area (Å²) in [5, 5.41) is 3.30. The van der Waals surface area contributed by atoms with Gasteiger partial charge in [-0.25, -0.2) is 0 Å². The van der Waals surface area contributed by atoms with Crippen LogP contribution in [-0.2, 0) is 4.79 Å². The Balaban J connectivity index is 1.81. The van der Waals surface area contributed by atoms with Crippen molar-refractivity contribution in [2.75, 3.05) is 0 Å². The van der Waals surface area contributed by atoms with Gasteiger partial charge in [-0.3, -0.25) is 19.9 Å². The smallest absolute Gasteiger partial charge is 0.290 e. The standard InChI is InChI=1S/C18H11ClN2O3S/c1-9-2-3-10(5-14(9)19)13-8-20-7-11-4-12(24-16(11)13)6-15-17(22)21-18(23)25-15/h2-8H,1H3,(H,21,22,23)/b15-6+. The molecule has 124 valence electrons. The van der Waals surface area contributed by atoms with Gasteiger partial charge in [0.1, 0.15) is 11.3 Å². The number of nitrogens with zero attached hydrogens (tertiary/aromatic N) is 1. The van der Waals surface area contributed by atoms with Crippen molar-refractivity contribution in [2.24, 2.45) is 0 Å². The summed E-state index contributed by atoms with van der Waals surface area (Å²) >= 11 is 7.07. The number of aryl methyl sites for hydroxylation is 1. The number of thioether (sulfide) groups is 1. The molecule has 25 heavy (non-hydrogen) atoms. The number of nitrogens with one attached hydrogen (secondary N) is 1. The first kappa shape index (κ1) is 15.9. The van der Waals surface area contributed by atoms with Gasteiger partial charge in [-0.2, -0.15) is 0 Å². The second kappa shape index (κ2) is 6.06. The second-order valence-electron chi connectivity index (χ2n) is 5.57. The molecule has 0 saturated carbocycles. The third-order valence-corrected chi connectivity index (χ3v) is 5.06. The van der Waals surface area contributed by atoms with Crippen molar-refractivity contribution in [2.45, 2.75) is 6.92 Å². The molecule has 2 aromatic heterocycles. The zero-order valence-electron chi connectivity index (χ0n) is 13.0. The van der Waals surface area contributed by atoms with Crippen LogP contribution in [0, 0.1) is 6.92 Å². The van der Waals surface area contributed by atoms with Crippen LogP contribution < -0.4 is 5.32 Å². The van der Waals surface area contributed by atoms with Crippen LogP contribution >= 0.6 is 23.4 Å². The molecule has 0 spiro atoms. The lowest BCUT2D eigenvalue weighted by Crippen LogP contribution is -2.17. The lowest BCUT2D eigenvalue weighted by molar-refractivity contribution is -0.115. The number of furan rings is 1. The van der Waals surface area contributed by atoms with Gasteiger partial charge < -0.3 is 4.42 Å². The molecule has 1 fully saturated rings. The highest BCUT2D eigenvalue weighted by molar-refractivity contribution is 8.18. The number of amides is 2. The van der Waals surface area contributed by atoms with E-state index in [9.17, 15) is 9.59 Å². The molecule has 1 aliphatic rings. The van der Waals surface area contributed by atoms with Crippen molar-refractivity contribution < 1.29 is 14.0 Å². The predicted octanol–water partition coefficient (Wildman–Crippen LogP) is 4.78. The van der Waals surface area contributed by atoms with Gasteiger partial charge in [0, 0.05) is 34.4 Å². The molecular weight excluding hydrogens is 360 g/mol. The van der Waals surface area contributed by atoms with Gasteiger partial charge in [0.05, 0.1) is 4.91 Å². The minimum Gasteiger partial charge on any atom is -0.456 e. The van der Waals surface area contributed by atoms with E-state index >= 15 is 0 Å². The molecule has 7 heteroatoms. The molecule has 1 saturated heterocycles. The number of halogens is 1. The van der Waals surface area contributed by atoms with Gasteiger partial charge in [-0.1, -0.05) is 23.7 Å². The summed E-state index contributed by atoms with van der Waals surface area (Å²) < 4.78 is 5.91. The van der Waals surface area contributed by atoms with E-state index in [-0.39, 0.29) is 5.24 Å². The van der Waals surface area contributed by atoms with Gasteiger partial charge in [0.2, 0.25) is 0 Å². The molecule has 4 rings (SSSR count). The third-order valence-electron chi connectivity index (χ3n) is 3.84. The van der Waals surface area contributed by atoms with E-state index < -0.39 is 5.91 Å². The number of hydrogen-bond acceptors (Lipinski definition) is 5. The number of carbonyl (C=O) groups is 2. The number of fused-ring (bicyclic) bond motifs is 1. The lowest BCUT2D eigenvalue weighted by atomic mass is 10.0. The van der Waals surface area contributed by atoms with E-state index in [1.807, 2.05) is 25.1 Å². The first-order chi connectivity index (χ1) is 12.0. The fraction of sp³-hybridized carbons (Fsp3) is 0.0556. The zero-order valence-corrected chi connectivity index (χ0v) is 14.6. The predicted molar refractivity (Wildman–Crippen MR) is 98.3 cm³/mol. The zero-order chi connectivity index (χ0) is 17.6. The highest BCUT2D eigenvalue weighted by atomic mass is 35.5. The van der Waals surface area contributed by atoms with Crippen molar-refractivity contribution in [3.63, 3.8) is 0 Å². The lowest BCUT2D eigenvalue weighted by Gasteiger charge is -2.04. The van der Waals surface area contributed by atoms with Gasteiger partial charge in [0.25, 0.3) is 11.1 Å². The normalized spacial score (nSPS) is 16.0. The van der Waals surface area contributed by atoms with Gasteiger partial charge >= 0.3 is 0 Å². The molecule has 3 aromatic rings. The summed E-state index contributed by atoms with van der Waals surface area (Å²) in [5.74, 6) is 0.0638. The van der Waals surface area contributed by atoms with Crippen LogP contribution in [0.4, 0.5) is 4.79 Å². The molecule has 0 radical (unpaired) electrons. The average Bonchev–Trinajstić information content (AvgIpc) is 3.12. The highest BCUT2D eigenvalue weighted by Gasteiger charge is 2.25. The van der Waals surface area contributed by atoms with E-state index in [2.05, 4.69) is 10.3 Å². The Morgan fingerprint density at radius 1 is 1.24 bits per heavy atom. The van der Waals surface area contributed by atoms with Crippen LogP contribution in [0.5, 0.6) is 0 Å². The largest absolute Gasteiger partial charge is 0.456 e. The minimum atomic E-state index is -0.417. The van der Waals surface area contributed by atoms with Crippen LogP contribution in [-0.4, -0.2) is 16.1 Å². The van der Waals surface area contributed by atoms with Crippen molar-refractivity contribution in [3.05, 3.63) is 57.9 Å². The molecule has 0 bridgehead atoms. The summed E-state index contributed by atoms with van der Waals surface area (Å²) in [5.41, 5.74) is 3.34. The van der Waals surface area contributed by atoms with Crippen LogP contribution in [0.2, 0.25) is 5.02 Å². The van der Waals surface area contributed by atoms with E-state index in [0.717, 1.165) is 33.8 Å². The van der Waals surface area contributed by atoms with Crippen LogP contribution in [0.15, 0.2) is 46.0 Å². The number of rotatable bonds is 2. The Labute approximate surface area is 152 Å². The number of carbonyl (C=O) groups excluding carboxylic acids is 2. The first-order valence-electron chi connectivity index (χ1n) is 7.40. The molecule has 2 amide bonds. The van der Waals surface area contributed by atoms with Crippen molar-refractivity contribution in [1.82, 2.24) is 10.3 Å². The second-order valence-corrected chi connectivity index (χ2v) is 6.99. The Morgan fingerprint density at radius 3 is 2.80 bits per heavy atom. The minimum absolute atomic E-state index is 0.303. The maximum atomic E-state index is 11.7. The van der Waals surface area contributed by atoms with Gasteiger partial charge in [0.15, 0.2) is 0 Å². The number of hydrogen-bond donors (Lipinski definition) is 1. The molecule has 5 nitrogen and oxygen atoms in total. The van der Waals surface area contributed by atoms with Crippen LogP contribution in [0.25, 0.3) is 28.2 Å². The van der Waals surface area contributed by atoms with Crippen LogP contribution in [0.1, 0.15) is 11.3 Å². The molecule has 0 aliphatic carbocycles. The molecular formula is C18H11ClN2O3S. The van der Waals surface area contributed by atoms with E-state index in [1.165, 1.54) is 0 Å². The summed E-state index contributed by atoms with van der Waals surface area (Å²) in [7, 11) is 0. The molecule has 3 heterocycles. The summed E-state index contributed by atoms with van der Waals surface area (Å²) in [4.78, 5) is 27.5. The molecule has 1 aliphatic heterocycles. The fourth-order valence-corrected chi connectivity index (χ4v) is 3.41. The monoisotopic (exact) mass is 370 g/mol. The number of pyridine rings is 1. The molecule has 1 N–H and O–H groups in total. The number of aromatic nitrogens is 1. The maximum absolute atomic E-state index is 11.7. The number of imide groups is 1. The summed E-state index contributed by atoms with van der Waals surface area (Å²) in [6.45, 7) is 1.94. The van der Waals surface area contributed by atoms with Crippen LogP contribution in [0.3, 0.4) is 0 Å². The molecule has 0 atom stereocenters. The molecule has 1 aromatic carbocycles. The average molecular weight is 371 g/mol. The third kappa shape index (κ3) is 2.94. The van der Waals surface area contributed by atoms with E-state index in [1.54, 1.807) is 24.5 Å². The highest BCUT2D eigenvalue weighted by Crippen LogP contribution is 2.34. The molecule has 0 unspecified atom stereocenters. The number of benzene rings is 1. The van der Waals surface area contributed by atoms with Crippen molar-refractivity contribution in [1.29, 1.82) is 0 Å². The Bertz CT molecular complexity index is 1070. The Kier molecular flexibility index (Phi) is 3.86. The maximum Gasteiger partial charge on any atom is 0.290 e. The van der Waals surface area contributed by atoms with Crippen molar-refractivity contribution in [3.8, 4) is 11.1 Å². The van der Waals surface area contributed by atoms with E-state index in [0.29, 0.717) is 21.3 Å². The van der Waals surface area contributed by atoms with Crippen molar-refractivity contribution >= 4 is 51.6 Å². The van der Waals surface area contributed by atoms with Gasteiger partial charge in [-0.15, -0.1) is 0 Å². The Morgan fingerprint density at radius 2 is 2.08 bits per heavy atom.